The Morgan fingerprint density at radius 3 is 2.67 bits per heavy atom. The molecule has 1 aromatic heterocycles. The highest BCUT2D eigenvalue weighted by Gasteiger charge is 2.16. The molecule has 5 nitrogen and oxygen atoms in total. The third kappa shape index (κ3) is 4.27. The van der Waals surface area contributed by atoms with Crippen LogP contribution < -0.4 is 0 Å². The predicted octanol–water partition coefficient (Wildman–Crippen LogP) is 2.31. The molecule has 0 bridgehead atoms. The zero-order valence-corrected chi connectivity index (χ0v) is 11.7. The van der Waals surface area contributed by atoms with E-state index in [9.17, 15) is 4.79 Å². The number of thioether (sulfide) groups is 1. The van der Waals surface area contributed by atoms with Gasteiger partial charge in [0.1, 0.15) is 16.4 Å². The van der Waals surface area contributed by atoms with Crippen LogP contribution in [0.5, 0.6) is 0 Å². The van der Waals surface area contributed by atoms with Crippen LogP contribution in [0.15, 0.2) is 5.03 Å². The van der Waals surface area contributed by atoms with Crippen molar-refractivity contribution in [3.05, 3.63) is 17.1 Å². The number of aromatic nitrogens is 2. The van der Waals surface area contributed by atoms with E-state index < -0.39 is 5.97 Å². The Labute approximate surface area is 111 Å². The second-order valence-corrected chi connectivity index (χ2v) is 4.97. The number of aryl methyl sites for hydroxylation is 2. The summed E-state index contributed by atoms with van der Waals surface area (Å²) in [6, 6.07) is 0. The second kappa shape index (κ2) is 7.33. The van der Waals surface area contributed by atoms with Crippen LogP contribution >= 0.6 is 11.8 Å². The third-order valence-electron chi connectivity index (χ3n) is 2.36. The summed E-state index contributed by atoms with van der Waals surface area (Å²) in [5.74, 6) is 0.475. The Morgan fingerprint density at radius 1 is 1.33 bits per heavy atom. The zero-order valence-electron chi connectivity index (χ0n) is 10.9. The maximum Gasteiger partial charge on any atom is 0.340 e. The molecule has 0 atom stereocenters. The van der Waals surface area contributed by atoms with Gasteiger partial charge in [-0.05, 0) is 32.4 Å². The lowest BCUT2D eigenvalue weighted by molar-refractivity contribution is 0.0690. The monoisotopic (exact) mass is 270 g/mol. The lowest BCUT2D eigenvalue weighted by Crippen LogP contribution is -2.08. The molecule has 0 aliphatic carbocycles. The Morgan fingerprint density at radius 2 is 2.06 bits per heavy atom. The summed E-state index contributed by atoms with van der Waals surface area (Å²) >= 11 is 1.47. The molecule has 18 heavy (non-hydrogen) atoms. The average Bonchev–Trinajstić information content (AvgIpc) is 2.27. The normalized spacial score (nSPS) is 10.6. The molecule has 1 rings (SSSR count). The Kier molecular flexibility index (Phi) is 6.07. The molecular formula is C12H18N2O3S. The van der Waals surface area contributed by atoms with E-state index in [4.69, 9.17) is 9.84 Å². The van der Waals surface area contributed by atoms with Gasteiger partial charge in [0, 0.05) is 13.7 Å². The molecule has 1 heterocycles. The highest BCUT2D eigenvalue weighted by Crippen LogP contribution is 2.23. The number of hydrogen-bond donors (Lipinski definition) is 1. The summed E-state index contributed by atoms with van der Waals surface area (Å²) in [7, 11) is 1.67. The molecule has 1 aromatic rings. The van der Waals surface area contributed by atoms with E-state index in [1.54, 1.807) is 21.0 Å². The summed E-state index contributed by atoms with van der Waals surface area (Å²) in [6.45, 7) is 4.20. The van der Waals surface area contributed by atoms with Gasteiger partial charge in [-0.1, -0.05) is 0 Å². The van der Waals surface area contributed by atoms with Crippen molar-refractivity contribution in [2.24, 2.45) is 0 Å². The van der Waals surface area contributed by atoms with Crippen LogP contribution in [-0.4, -0.2) is 40.5 Å². The van der Waals surface area contributed by atoms with Crippen LogP contribution in [-0.2, 0) is 4.74 Å². The van der Waals surface area contributed by atoms with Crippen molar-refractivity contribution in [1.29, 1.82) is 0 Å². The van der Waals surface area contributed by atoms with E-state index in [0.717, 1.165) is 25.2 Å². The first-order valence-corrected chi connectivity index (χ1v) is 6.75. The standard InChI is InChI=1S/C12H18N2O3S/c1-8-10(12(15)16)11(14-9(2)13-8)18-7-5-4-6-17-3/h4-7H2,1-3H3,(H,15,16). The quantitative estimate of drug-likeness (QED) is 0.465. The SMILES string of the molecule is COCCCCSc1nc(C)nc(C)c1C(=O)O. The minimum atomic E-state index is -0.966. The molecule has 100 valence electrons. The molecule has 0 spiro atoms. The van der Waals surface area contributed by atoms with E-state index in [1.165, 1.54) is 11.8 Å². The maximum absolute atomic E-state index is 11.2. The fraction of sp³-hybridized carbons (Fsp3) is 0.583. The number of carboxylic acid groups (broad SMARTS) is 1. The van der Waals surface area contributed by atoms with Crippen LogP contribution in [0, 0.1) is 13.8 Å². The van der Waals surface area contributed by atoms with Crippen LogP contribution in [0.1, 0.15) is 34.7 Å². The molecule has 6 heteroatoms. The van der Waals surface area contributed by atoms with E-state index in [2.05, 4.69) is 9.97 Å². The molecule has 0 radical (unpaired) electrons. The Hall–Kier alpha value is -1.14. The van der Waals surface area contributed by atoms with Crippen LogP contribution in [0.2, 0.25) is 0 Å². The molecule has 0 fully saturated rings. The number of ether oxygens (including phenoxy) is 1. The second-order valence-electron chi connectivity index (χ2n) is 3.89. The number of methoxy groups -OCH3 is 1. The van der Waals surface area contributed by atoms with Crippen molar-refractivity contribution in [2.75, 3.05) is 19.5 Å². The van der Waals surface area contributed by atoms with Crippen molar-refractivity contribution >= 4 is 17.7 Å². The zero-order chi connectivity index (χ0) is 13.5. The number of unbranched alkanes of at least 4 members (excludes halogenated alkanes) is 1. The molecular weight excluding hydrogens is 252 g/mol. The van der Waals surface area contributed by atoms with Gasteiger partial charge in [0.25, 0.3) is 0 Å². The summed E-state index contributed by atoms with van der Waals surface area (Å²) in [6.07, 6.45) is 1.94. The van der Waals surface area contributed by atoms with Crippen molar-refractivity contribution < 1.29 is 14.6 Å². The molecule has 1 N–H and O–H groups in total. The fourth-order valence-corrected chi connectivity index (χ4v) is 2.67. The van der Waals surface area contributed by atoms with Gasteiger partial charge < -0.3 is 9.84 Å². The van der Waals surface area contributed by atoms with Gasteiger partial charge in [0.2, 0.25) is 0 Å². The number of nitrogens with zero attached hydrogens (tertiary/aromatic N) is 2. The van der Waals surface area contributed by atoms with Crippen LogP contribution in [0.3, 0.4) is 0 Å². The summed E-state index contributed by atoms with van der Waals surface area (Å²) < 4.78 is 4.97. The Balaban J connectivity index is 2.71. The summed E-state index contributed by atoms with van der Waals surface area (Å²) in [4.78, 5) is 19.5. The van der Waals surface area contributed by atoms with Crippen LogP contribution in [0.25, 0.3) is 0 Å². The molecule has 0 saturated carbocycles. The lowest BCUT2D eigenvalue weighted by atomic mass is 10.2. The highest BCUT2D eigenvalue weighted by molar-refractivity contribution is 7.99. The smallest absolute Gasteiger partial charge is 0.340 e. The first-order valence-electron chi connectivity index (χ1n) is 5.76. The van der Waals surface area contributed by atoms with Gasteiger partial charge >= 0.3 is 5.97 Å². The molecule has 0 aromatic carbocycles. The maximum atomic E-state index is 11.2. The van der Waals surface area contributed by atoms with Crippen molar-refractivity contribution in [3.8, 4) is 0 Å². The van der Waals surface area contributed by atoms with Gasteiger partial charge in [0.15, 0.2) is 0 Å². The van der Waals surface area contributed by atoms with Gasteiger partial charge in [-0.15, -0.1) is 11.8 Å². The van der Waals surface area contributed by atoms with Crippen molar-refractivity contribution in [3.63, 3.8) is 0 Å². The minimum absolute atomic E-state index is 0.220. The first-order chi connectivity index (χ1) is 8.56. The van der Waals surface area contributed by atoms with Crippen molar-refractivity contribution in [1.82, 2.24) is 9.97 Å². The van der Waals surface area contributed by atoms with E-state index in [-0.39, 0.29) is 5.56 Å². The first kappa shape index (κ1) is 14.9. The molecule has 0 saturated heterocycles. The number of hydrogen-bond acceptors (Lipinski definition) is 5. The highest BCUT2D eigenvalue weighted by atomic mass is 32.2. The molecule has 0 unspecified atom stereocenters. The largest absolute Gasteiger partial charge is 0.478 e. The number of aromatic carboxylic acids is 1. The van der Waals surface area contributed by atoms with Gasteiger partial charge in [-0.25, -0.2) is 14.8 Å². The van der Waals surface area contributed by atoms with Gasteiger partial charge in [-0.3, -0.25) is 0 Å². The third-order valence-corrected chi connectivity index (χ3v) is 3.43. The van der Waals surface area contributed by atoms with Crippen molar-refractivity contribution in [2.45, 2.75) is 31.7 Å². The van der Waals surface area contributed by atoms with Gasteiger partial charge in [-0.2, -0.15) is 0 Å². The van der Waals surface area contributed by atoms with Gasteiger partial charge in [0.05, 0.1) is 5.69 Å². The minimum Gasteiger partial charge on any atom is -0.478 e. The van der Waals surface area contributed by atoms with E-state index >= 15 is 0 Å². The van der Waals surface area contributed by atoms with Crippen LogP contribution in [0.4, 0.5) is 0 Å². The number of carboxylic acids is 1. The summed E-state index contributed by atoms with van der Waals surface area (Å²) in [5, 5.41) is 9.72. The topological polar surface area (TPSA) is 72.3 Å². The van der Waals surface area contributed by atoms with E-state index in [0.29, 0.717) is 16.5 Å². The number of carbonyl (C=O) groups is 1. The molecule has 0 aliphatic rings. The lowest BCUT2D eigenvalue weighted by Gasteiger charge is -2.08. The fourth-order valence-electron chi connectivity index (χ4n) is 1.55. The molecule has 0 aliphatic heterocycles. The average molecular weight is 270 g/mol. The molecule has 0 amide bonds. The predicted molar refractivity (Wildman–Crippen MR) is 70.3 cm³/mol. The summed E-state index contributed by atoms with van der Waals surface area (Å²) in [5.41, 5.74) is 0.742. The number of rotatable bonds is 7. The Bertz CT molecular complexity index is 424. The van der Waals surface area contributed by atoms with E-state index in [1.807, 2.05) is 0 Å².